The highest BCUT2D eigenvalue weighted by atomic mass is 16.5. The van der Waals surface area contributed by atoms with E-state index in [9.17, 15) is 0 Å². The van der Waals surface area contributed by atoms with Crippen LogP contribution in [0.3, 0.4) is 0 Å². The summed E-state index contributed by atoms with van der Waals surface area (Å²) in [5.74, 6) is 1.56. The molecule has 5 nitrogen and oxygen atoms in total. The van der Waals surface area contributed by atoms with Crippen LogP contribution in [-0.2, 0) is 6.54 Å². The van der Waals surface area contributed by atoms with Gasteiger partial charge in [0.15, 0.2) is 0 Å². The maximum atomic E-state index is 6.06. The average Bonchev–Trinajstić information content (AvgIpc) is 2.61. The first-order valence-corrected chi connectivity index (χ1v) is 9.27. The van der Waals surface area contributed by atoms with Crippen LogP contribution in [0.4, 0.5) is 0 Å². The van der Waals surface area contributed by atoms with Crippen LogP contribution in [-0.4, -0.2) is 21.1 Å². The van der Waals surface area contributed by atoms with Crippen molar-refractivity contribution >= 4 is 0 Å². The Hall–Kier alpha value is -2.01. The highest BCUT2D eigenvalue weighted by Gasteiger charge is 2.15. The smallest absolute Gasteiger partial charge is 0.213 e. The Morgan fingerprint density at radius 3 is 2.76 bits per heavy atom. The van der Waals surface area contributed by atoms with Gasteiger partial charge in [-0.1, -0.05) is 6.42 Å². The van der Waals surface area contributed by atoms with Crippen molar-refractivity contribution in [1.29, 1.82) is 0 Å². The fraction of sp³-hybridized carbons (Fsp3) is 0.550. The lowest BCUT2D eigenvalue weighted by molar-refractivity contribution is 0.148. The number of aromatic nitrogens is 3. The van der Waals surface area contributed by atoms with Crippen molar-refractivity contribution in [2.75, 3.05) is 0 Å². The van der Waals surface area contributed by atoms with E-state index in [1.165, 1.54) is 24.8 Å². The SMILES string of the molecule is Cc1ncc([C@@H](C)NCc2ccnc(OC3CCCCC3)c2)c(C)n1. The summed E-state index contributed by atoms with van der Waals surface area (Å²) >= 11 is 0. The summed E-state index contributed by atoms with van der Waals surface area (Å²) in [5.41, 5.74) is 3.35. The van der Waals surface area contributed by atoms with Crippen LogP contribution in [0.2, 0.25) is 0 Å². The highest BCUT2D eigenvalue weighted by molar-refractivity contribution is 5.23. The fourth-order valence-electron chi connectivity index (χ4n) is 3.38. The van der Waals surface area contributed by atoms with E-state index in [1.807, 2.05) is 38.4 Å². The van der Waals surface area contributed by atoms with Gasteiger partial charge in [0.25, 0.3) is 0 Å². The Bertz CT molecular complexity index is 698. The molecule has 0 amide bonds. The number of nitrogens with zero attached hydrogens (tertiary/aromatic N) is 3. The first-order chi connectivity index (χ1) is 12.1. The fourth-order valence-corrected chi connectivity index (χ4v) is 3.38. The lowest BCUT2D eigenvalue weighted by atomic mass is 9.98. The van der Waals surface area contributed by atoms with Crippen LogP contribution in [0.25, 0.3) is 0 Å². The molecule has 1 aliphatic rings. The van der Waals surface area contributed by atoms with Crippen molar-refractivity contribution in [3.8, 4) is 5.88 Å². The highest BCUT2D eigenvalue weighted by Crippen LogP contribution is 2.23. The van der Waals surface area contributed by atoms with Gasteiger partial charge in [0.2, 0.25) is 5.88 Å². The van der Waals surface area contributed by atoms with Crippen LogP contribution >= 0.6 is 0 Å². The number of hydrogen-bond acceptors (Lipinski definition) is 5. The van der Waals surface area contributed by atoms with Gasteiger partial charge in [0, 0.05) is 42.3 Å². The Morgan fingerprint density at radius 1 is 1.20 bits per heavy atom. The Kier molecular flexibility index (Phi) is 5.97. The summed E-state index contributed by atoms with van der Waals surface area (Å²) in [4.78, 5) is 13.1. The molecule has 0 saturated heterocycles. The second-order valence-electron chi connectivity index (χ2n) is 6.94. The zero-order valence-electron chi connectivity index (χ0n) is 15.5. The van der Waals surface area contributed by atoms with E-state index in [0.29, 0.717) is 6.10 Å². The molecule has 1 atom stereocenters. The summed E-state index contributed by atoms with van der Waals surface area (Å²) in [6.07, 6.45) is 10.2. The number of hydrogen-bond donors (Lipinski definition) is 1. The first-order valence-electron chi connectivity index (χ1n) is 9.27. The molecule has 0 spiro atoms. The quantitative estimate of drug-likeness (QED) is 0.859. The number of pyridine rings is 1. The summed E-state index contributed by atoms with van der Waals surface area (Å²) in [6.45, 7) is 6.85. The maximum absolute atomic E-state index is 6.06. The zero-order valence-corrected chi connectivity index (χ0v) is 15.5. The lowest BCUT2D eigenvalue weighted by Gasteiger charge is -2.22. The number of aryl methyl sites for hydroxylation is 2. The predicted octanol–water partition coefficient (Wildman–Crippen LogP) is 4.05. The van der Waals surface area contributed by atoms with E-state index in [1.54, 1.807) is 0 Å². The van der Waals surface area contributed by atoms with Crippen LogP contribution in [0, 0.1) is 13.8 Å². The van der Waals surface area contributed by atoms with Crippen LogP contribution < -0.4 is 10.1 Å². The van der Waals surface area contributed by atoms with Gasteiger partial charge in [-0.2, -0.15) is 0 Å². The normalized spacial score (nSPS) is 16.6. The minimum Gasteiger partial charge on any atom is -0.474 e. The number of ether oxygens (including phenoxy) is 1. The summed E-state index contributed by atoms with van der Waals surface area (Å²) in [7, 11) is 0. The molecule has 1 fully saturated rings. The molecule has 2 aromatic heterocycles. The van der Waals surface area contributed by atoms with E-state index in [4.69, 9.17) is 4.74 Å². The molecular weight excluding hydrogens is 312 g/mol. The second-order valence-corrected chi connectivity index (χ2v) is 6.94. The van der Waals surface area contributed by atoms with E-state index in [-0.39, 0.29) is 6.04 Å². The second kappa shape index (κ2) is 8.39. The molecule has 1 N–H and O–H groups in total. The van der Waals surface area contributed by atoms with Crippen LogP contribution in [0.1, 0.15) is 67.7 Å². The van der Waals surface area contributed by atoms with Crippen LogP contribution in [0.5, 0.6) is 5.88 Å². The standard InChI is InChI=1S/C20H28N4O/c1-14(19-13-23-16(3)24-15(19)2)22-12-17-9-10-21-20(11-17)25-18-7-5-4-6-8-18/h9-11,13-14,18,22H,4-8,12H2,1-3H3/t14-/m1/s1. The van der Waals surface area contributed by atoms with Crippen molar-refractivity contribution in [1.82, 2.24) is 20.3 Å². The molecule has 2 heterocycles. The number of rotatable bonds is 6. The molecule has 2 aromatic rings. The van der Waals surface area contributed by atoms with Crippen molar-refractivity contribution in [3.63, 3.8) is 0 Å². The molecule has 0 aromatic carbocycles. The van der Waals surface area contributed by atoms with Gasteiger partial charge in [0.05, 0.1) is 0 Å². The first kappa shape index (κ1) is 17.8. The zero-order chi connectivity index (χ0) is 17.6. The van der Waals surface area contributed by atoms with Crippen molar-refractivity contribution in [2.45, 2.75) is 71.6 Å². The minimum absolute atomic E-state index is 0.191. The molecule has 0 radical (unpaired) electrons. The van der Waals surface area contributed by atoms with Crippen molar-refractivity contribution in [3.05, 3.63) is 47.2 Å². The Balaban J connectivity index is 1.58. The third kappa shape index (κ3) is 4.98. The molecule has 0 unspecified atom stereocenters. The molecular formula is C20H28N4O. The van der Waals surface area contributed by atoms with Gasteiger partial charge >= 0.3 is 0 Å². The molecule has 1 aliphatic carbocycles. The average molecular weight is 340 g/mol. The molecule has 0 aliphatic heterocycles. The molecule has 25 heavy (non-hydrogen) atoms. The molecule has 134 valence electrons. The third-order valence-electron chi connectivity index (χ3n) is 4.86. The molecule has 1 saturated carbocycles. The van der Waals surface area contributed by atoms with Gasteiger partial charge in [-0.15, -0.1) is 0 Å². The summed E-state index contributed by atoms with van der Waals surface area (Å²) in [5, 5.41) is 3.54. The Labute approximate surface area is 150 Å². The van der Waals surface area contributed by atoms with Gasteiger partial charge in [-0.05, 0) is 58.1 Å². The van der Waals surface area contributed by atoms with Gasteiger partial charge in [0.1, 0.15) is 11.9 Å². The van der Waals surface area contributed by atoms with E-state index in [2.05, 4.69) is 27.2 Å². The minimum atomic E-state index is 0.191. The monoisotopic (exact) mass is 340 g/mol. The van der Waals surface area contributed by atoms with Gasteiger partial charge < -0.3 is 10.1 Å². The van der Waals surface area contributed by atoms with Crippen molar-refractivity contribution in [2.24, 2.45) is 0 Å². The lowest BCUT2D eigenvalue weighted by Crippen LogP contribution is -2.21. The predicted molar refractivity (Wildman–Crippen MR) is 98.5 cm³/mol. The van der Waals surface area contributed by atoms with Gasteiger partial charge in [-0.25, -0.2) is 15.0 Å². The summed E-state index contributed by atoms with van der Waals surface area (Å²) in [6, 6.07) is 4.27. The molecule has 0 bridgehead atoms. The van der Waals surface area contributed by atoms with E-state index in [0.717, 1.165) is 42.3 Å². The molecule has 3 rings (SSSR count). The van der Waals surface area contributed by atoms with Crippen molar-refractivity contribution < 1.29 is 4.74 Å². The van der Waals surface area contributed by atoms with Crippen LogP contribution in [0.15, 0.2) is 24.5 Å². The van der Waals surface area contributed by atoms with E-state index < -0.39 is 0 Å². The topological polar surface area (TPSA) is 59.9 Å². The molecule has 5 heteroatoms. The summed E-state index contributed by atoms with van der Waals surface area (Å²) < 4.78 is 6.06. The Morgan fingerprint density at radius 2 is 2.00 bits per heavy atom. The van der Waals surface area contributed by atoms with Gasteiger partial charge in [-0.3, -0.25) is 0 Å². The third-order valence-corrected chi connectivity index (χ3v) is 4.86. The number of nitrogens with one attached hydrogen (secondary N) is 1. The largest absolute Gasteiger partial charge is 0.474 e. The van der Waals surface area contributed by atoms with E-state index >= 15 is 0 Å². The maximum Gasteiger partial charge on any atom is 0.213 e.